The Hall–Kier alpha value is -0.650. The SMILES string of the molecule is CNCCc1csc(N2CCC(OC)CC2C)n1. The van der Waals surface area contributed by atoms with Crippen LogP contribution in [0.2, 0.25) is 0 Å². The molecule has 1 fully saturated rings. The van der Waals surface area contributed by atoms with Crippen molar-refractivity contribution >= 4 is 16.5 Å². The lowest BCUT2D eigenvalue weighted by Gasteiger charge is -2.36. The molecular weight excluding hydrogens is 246 g/mol. The summed E-state index contributed by atoms with van der Waals surface area (Å²) in [5.41, 5.74) is 1.20. The number of piperidine rings is 1. The summed E-state index contributed by atoms with van der Waals surface area (Å²) in [6.45, 7) is 4.31. The number of hydrogen-bond donors (Lipinski definition) is 1. The van der Waals surface area contributed by atoms with Gasteiger partial charge in [-0.2, -0.15) is 0 Å². The summed E-state index contributed by atoms with van der Waals surface area (Å²) in [7, 11) is 3.79. The van der Waals surface area contributed by atoms with Crippen molar-refractivity contribution in [3.8, 4) is 0 Å². The molecule has 0 saturated carbocycles. The molecule has 18 heavy (non-hydrogen) atoms. The van der Waals surface area contributed by atoms with Crippen LogP contribution in [0.15, 0.2) is 5.38 Å². The molecule has 1 saturated heterocycles. The van der Waals surface area contributed by atoms with E-state index in [0.717, 1.165) is 32.4 Å². The van der Waals surface area contributed by atoms with E-state index in [9.17, 15) is 0 Å². The van der Waals surface area contributed by atoms with Gasteiger partial charge in [0.25, 0.3) is 0 Å². The summed E-state index contributed by atoms with van der Waals surface area (Å²) in [5.74, 6) is 0. The molecule has 0 bridgehead atoms. The van der Waals surface area contributed by atoms with Crippen molar-refractivity contribution in [2.24, 2.45) is 0 Å². The number of rotatable bonds is 5. The molecule has 0 spiro atoms. The molecule has 0 aliphatic carbocycles. The molecule has 1 N–H and O–H groups in total. The number of hydrogen-bond acceptors (Lipinski definition) is 5. The van der Waals surface area contributed by atoms with Crippen LogP contribution in [0.1, 0.15) is 25.5 Å². The zero-order valence-electron chi connectivity index (χ0n) is 11.5. The maximum absolute atomic E-state index is 5.45. The fourth-order valence-corrected chi connectivity index (χ4v) is 3.41. The van der Waals surface area contributed by atoms with Gasteiger partial charge < -0.3 is 15.0 Å². The number of nitrogens with one attached hydrogen (secondary N) is 1. The molecule has 2 heterocycles. The number of ether oxygens (including phenoxy) is 1. The molecule has 5 heteroatoms. The van der Waals surface area contributed by atoms with Gasteiger partial charge in [0.2, 0.25) is 0 Å². The molecule has 2 unspecified atom stereocenters. The Morgan fingerprint density at radius 3 is 3.11 bits per heavy atom. The molecule has 0 radical (unpaired) electrons. The first kappa shape index (κ1) is 13.8. The Balaban J connectivity index is 1.96. The Labute approximate surface area is 113 Å². The molecule has 102 valence electrons. The number of thiazole rings is 1. The van der Waals surface area contributed by atoms with E-state index in [-0.39, 0.29) is 0 Å². The third-order valence-corrected chi connectivity index (χ3v) is 4.50. The average Bonchev–Trinajstić information content (AvgIpc) is 2.84. The zero-order chi connectivity index (χ0) is 13.0. The standard InChI is InChI=1S/C13H23N3OS/c1-10-8-12(17-3)5-7-16(10)13-15-11(9-18-13)4-6-14-2/h9-10,12,14H,4-8H2,1-3H3. The van der Waals surface area contributed by atoms with Crippen LogP contribution >= 0.6 is 11.3 Å². The van der Waals surface area contributed by atoms with Crippen LogP contribution in [-0.4, -0.2) is 44.4 Å². The van der Waals surface area contributed by atoms with Crippen LogP contribution in [0.5, 0.6) is 0 Å². The summed E-state index contributed by atoms with van der Waals surface area (Å²) in [4.78, 5) is 7.16. The predicted octanol–water partition coefficient (Wildman–Crippen LogP) is 1.91. The predicted molar refractivity (Wildman–Crippen MR) is 76.6 cm³/mol. The second-order valence-electron chi connectivity index (χ2n) is 4.90. The topological polar surface area (TPSA) is 37.4 Å². The fraction of sp³-hybridized carbons (Fsp3) is 0.769. The van der Waals surface area contributed by atoms with Crippen molar-refractivity contribution in [2.75, 3.05) is 32.1 Å². The van der Waals surface area contributed by atoms with Gasteiger partial charge >= 0.3 is 0 Å². The highest BCUT2D eigenvalue weighted by Crippen LogP contribution is 2.28. The van der Waals surface area contributed by atoms with Crippen molar-refractivity contribution in [1.82, 2.24) is 10.3 Å². The minimum absolute atomic E-state index is 0.417. The minimum atomic E-state index is 0.417. The lowest BCUT2D eigenvalue weighted by molar-refractivity contribution is 0.0721. The van der Waals surface area contributed by atoms with E-state index >= 15 is 0 Å². The molecule has 0 aromatic carbocycles. The monoisotopic (exact) mass is 269 g/mol. The summed E-state index contributed by atoms with van der Waals surface area (Å²) in [6.07, 6.45) is 3.63. The van der Waals surface area contributed by atoms with Crippen LogP contribution < -0.4 is 10.2 Å². The highest BCUT2D eigenvalue weighted by Gasteiger charge is 2.26. The summed E-state index contributed by atoms with van der Waals surface area (Å²) < 4.78 is 5.45. The van der Waals surface area contributed by atoms with Crippen LogP contribution in [0.4, 0.5) is 5.13 Å². The highest BCUT2D eigenvalue weighted by atomic mass is 32.1. The lowest BCUT2D eigenvalue weighted by atomic mass is 10.0. The lowest BCUT2D eigenvalue weighted by Crippen LogP contribution is -2.43. The molecule has 2 atom stereocenters. The number of methoxy groups -OCH3 is 1. The number of aromatic nitrogens is 1. The molecular formula is C13H23N3OS. The van der Waals surface area contributed by atoms with Crippen molar-refractivity contribution in [3.05, 3.63) is 11.1 Å². The van der Waals surface area contributed by atoms with Gasteiger partial charge in [0.05, 0.1) is 11.8 Å². The average molecular weight is 269 g/mol. The Kier molecular flexibility index (Phi) is 4.97. The molecule has 1 aromatic rings. The zero-order valence-corrected chi connectivity index (χ0v) is 12.3. The third-order valence-electron chi connectivity index (χ3n) is 3.58. The smallest absolute Gasteiger partial charge is 0.185 e. The molecule has 1 aliphatic heterocycles. The van der Waals surface area contributed by atoms with Crippen LogP contribution in [-0.2, 0) is 11.2 Å². The van der Waals surface area contributed by atoms with Crippen molar-refractivity contribution < 1.29 is 4.74 Å². The van der Waals surface area contributed by atoms with Gasteiger partial charge in [-0.1, -0.05) is 0 Å². The molecule has 1 aliphatic rings. The van der Waals surface area contributed by atoms with Gasteiger partial charge in [-0.3, -0.25) is 0 Å². The van der Waals surface area contributed by atoms with Gasteiger partial charge in [0.1, 0.15) is 0 Å². The second kappa shape index (κ2) is 6.50. The van der Waals surface area contributed by atoms with Crippen LogP contribution in [0, 0.1) is 0 Å². The highest BCUT2D eigenvalue weighted by molar-refractivity contribution is 7.13. The summed E-state index contributed by atoms with van der Waals surface area (Å²) >= 11 is 1.77. The van der Waals surface area contributed by atoms with Gasteiger partial charge in [0.15, 0.2) is 5.13 Å². The summed E-state index contributed by atoms with van der Waals surface area (Å²) in [5, 5.41) is 6.51. The van der Waals surface area contributed by atoms with Crippen LogP contribution in [0.3, 0.4) is 0 Å². The number of nitrogens with zero attached hydrogens (tertiary/aromatic N) is 2. The molecule has 0 amide bonds. The third kappa shape index (κ3) is 3.22. The van der Waals surface area contributed by atoms with E-state index in [1.165, 1.54) is 10.8 Å². The summed E-state index contributed by atoms with van der Waals surface area (Å²) in [6, 6.07) is 0.520. The van der Waals surface area contributed by atoms with Crippen molar-refractivity contribution in [2.45, 2.75) is 38.3 Å². The fourth-order valence-electron chi connectivity index (χ4n) is 2.42. The maximum Gasteiger partial charge on any atom is 0.185 e. The van der Waals surface area contributed by atoms with Crippen molar-refractivity contribution in [1.29, 1.82) is 0 Å². The van der Waals surface area contributed by atoms with Gasteiger partial charge in [0, 0.05) is 38.0 Å². The Bertz CT molecular complexity index is 369. The maximum atomic E-state index is 5.45. The number of anilines is 1. The first-order valence-corrected chi connectivity index (χ1v) is 7.51. The molecule has 4 nitrogen and oxygen atoms in total. The quantitative estimate of drug-likeness (QED) is 0.886. The van der Waals surface area contributed by atoms with Crippen LogP contribution in [0.25, 0.3) is 0 Å². The van der Waals surface area contributed by atoms with E-state index in [2.05, 4.69) is 22.5 Å². The van der Waals surface area contributed by atoms with Gasteiger partial charge in [-0.15, -0.1) is 11.3 Å². The molecule has 2 rings (SSSR count). The largest absolute Gasteiger partial charge is 0.381 e. The Morgan fingerprint density at radius 2 is 2.44 bits per heavy atom. The van der Waals surface area contributed by atoms with Gasteiger partial charge in [-0.25, -0.2) is 4.98 Å². The first-order valence-electron chi connectivity index (χ1n) is 6.63. The number of likely N-dealkylation sites (N-methyl/N-ethyl adjacent to an activating group) is 1. The second-order valence-corrected chi connectivity index (χ2v) is 5.74. The van der Waals surface area contributed by atoms with E-state index in [1.807, 2.05) is 14.2 Å². The normalized spacial score (nSPS) is 24.5. The van der Waals surface area contributed by atoms with E-state index < -0.39 is 0 Å². The first-order chi connectivity index (χ1) is 8.74. The molecule has 1 aromatic heterocycles. The van der Waals surface area contributed by atoms with E-state index in [1.54, 1.807) is 11.3 Å². The van der Waals surface area contributed by atoms with E-state index in [4.69, 9.17) is 9.72 Å². The van der Waals surface area contributed by atoms with Gasteiger partial charge in [-0.05, 0) is 26.8 Å². The van der Waals surface area contributed by atoms with Crippen molar-refractivity contribution in [3.63, 3.8) is 0 Å². The van der Waals surface area contributed by atoms with E-state index in [0.29, 0.717) is 12.1 Å². The Morgan fingerprint density at radius 1 is 1.61 bits per heavy atom. The minimum Gasteiger partial charge on any atom is -0.381 e.